The fraction of sp³-hybridized carbons (Fsp3) is 0.550. The van der Waals surface area contributed by atoms with Gasteiger partial charge in [0.2, 0.25) is 5.91 Å². The van der Waals surface area contributed by atoms with Crippen LogP contribution >= 0.6 is 0 Å². The van der Waals surface area contributed by atoms with Crippen molar-refractivity contribution in [1.82, 2.24) is 19.7 Å². The topological polar surface area (TPSA) is 51.0 Å². The van der Waals surface area contributed by atoms with Crippen LogP contribution in [0.2, 0.25) is 0 Å². The van der Waals surface area contributed by atoms with E-state index < -0.39 is 0 Å². The second-order valence-electron chi connectivity index (χ2n) is 7.41. The van der Waals surface area contributed by atoms with Gasteiger partial charge in [0.25, 0.3) is 0 Å². The minimum Gasteiger partial charge on any atom is -0.332 e. The van der Waals surface area contributed by atoms with Crippen molar-refractivity contribution >= 4 is 5.91 Å². The summed E-state index contributed by atoms with van der Waals surface area (Å²) in [6.45, 7) is 8.19. The Kier molecular flexibility index (Phi) is 5.51. The predicted molar refractivity (Wildman–Crippen MR) is 98.0 cm³/mol. The number of benzene rings is 1. The van der Waals surface area contributed by atoms with E-state index in [0.29, 0.717) is 12.3 Å². The number of likely N-dealkylation sites (tertiary alicyclic amines) is 1. The van der Waals surface area contributed by atoms with Crippen molar-refractivity contribution in [3.8, 4) is 0 Å². The molecular weight excluding hydrogens is 312 g/mol. The molecule has 1 atom stereocenters. The fourth-order valence-corrected chi connectivity index (χ4v) is 3.67. The average molecular weight is 340 g/mol. The monoisotopic (exact) mass is 340 g/mol. The Morgan fingerprint density at radius 1 is 1.32 bits per heavy atom. The molecule has 5 heteroatoms. The molecule has 0 radical (unpaired) electrons. The standard InChI is InChI=1S/C20H28N4O/c1-15(2)13-23-14-21-22-20(23)18-9-6-12-24(18)19(25)11-10-17-8-5-4-7-16(17)3/h4-5,7-8,14-15,18H,6,9-13H2,1-3H3/t18-/m1/s1. The lowest BCUT2D eigenvalue weighted by Gasteiger charge is -2.25. The van der Waals surface area contributed by atoms with E-state index in [4.69, 9.17) is 0 Å². The Hall–Kier alpha value is -2.17. The van der Waals surface area contributed by atoms with Crippen molar-refractivity contribution in [3.05, 3.63) is 47.5 Å². The lowest BCUT2D eigenvalue weighted by molar-refractivity contribution is -0.132. The zero-order valence-corrected chi connectivity index (χ0v) is 15.5. The third-order valence-corrected chi connectivity index (χ3v) is 4.95. The van der Waals surface area contributed by atoms with E-state index in [1.54, 1.807) is 6.33 Å². The lowest BCUT2D eigenvalue weighted by Crippen LogP contribution is -2.32. The van der Waals surface area contributed by atoms with E-state index in [1.165, 1.54) is 11.1 Å². The molecule has 5 nitrogen and oxygen atoms in total. The molecule has 0 N–H and O–H groups in total. The number of nitrogens with zero attached hydrogens (tertiary/aromatic N) is 4. The minimum atomic E-state index is 0.0746. The summed E-state index contributed by atoms with van der Waals surface area (Å²) in [7, 11) is 0. The first-order valence-electron chi connectivity index (χ1n) is 9.28. The van der Waals surface area contributed by atoms with Gasteiger partial charge < -0.3 is 9.47 Å². The summed E-state index contributed by atoms with van der Waals surface area (Å²) in [5.41, 5.74) is 2.51. The number of amides is 1. The molecule has 1 aliphatic heterocycles. The Morgan fingerprint density at radius 3 is 2.88 bits per heavy atom. The molecule has 0 saturated carbocycles. The first kappa shape index (κ1) is 17.6. The maximum Gasteiger partial charge on any atom is 0.223 e. The zero-order chi connectivity index (χ0) is 17.8. The molecule has 0 spiro atoms. The molecule has 1 amide bonds. The van der Waals surface area contributed by atoms with Gasteiger partial charge >= 0.3 is 0 Å². The van der Waals surface area contributed by atoms with Crippen LogP contribution in [0.1, 0.15) is 56.1 Å². The summed E-state index contributed by atoms with van der Waals surface area (Å²) >= 11 is 0. The van der Waals surface area contributed by atoms with Crippen molar-refractivity contribution in [2.75, 3.05) is 6.54 Å². The highest BCUT2D eigenvalue weighted by molar-refractivity contribution is 5.77. The molecule has 1 aliphatic rings. The highest BCUT2D eigenvalue weighted by Gasteiger charge is 2.33. The summed E-state index contributed by atoms with van der Waals surface area (Å²) < 4.78 is 2.11. The highest BCUT2D eigenvalue weighted by Crippen LogP contribution is 2.31. The molecule has 1 aromatic heterocycles. The first-order chi connectivity index (χ1) is 12.1. The van der Waals surface area contributed by atoms with Gasteiger partial charge in [-0.05, 0) is 43.2 Å². The smallest absolute Gasteiger partial charge is 0.223 e. The second kappa shape index (κ2) is 7.81. The number of hydrogen-bond donors (Lipinski definition) is 0. The summed E-state index contributed by atoms with van der Waals surface area (Å²) in [6.07, 6.45) is 5.17. The van der Waals surface area contributed by atoms with Crippen LogP contribution in [0.25, 0.3) is 0 Å². The van der Waals surface area contributed by atoms with Crippen LogP contribution in [0.3, 0.4) is 0 Å². The lowest BCUT2D eigenvalue weighted by atomic mass is 10.0. The number of aryl methyl sites for hydroxylation is 2. The van der Waals surface area contributed by atoms with Crippen LogP contribution in [0.15, 0.2) is 30.6 Å². The van der Waals surface area contributed by atoms with Crippen LogP contribution in [0.4, 0.5) is 0 Å². The third kappa shape index (κ3) is 4.09. The molecule has 0 aliphatic carbocycles. The average Bonchev–Trinajstić information content (AvgIpc) is 3.22. The highest BCUT2D eigenvalue weighted by atomic mass is 16.2. The molecule has 1 aromatic carbocycles. The molecule has 0 unspecified atom stereocenters. The van der Waals surface area contributed by atoms with E-state index >= 15 is 0 Å². The van der Waals surface area contributed by atoms with Crippen LogP contribution in [-0.4, -0.2) is 32.1 Å². The van der Waals surface area contributed by atoms with E-state index in [1.807, 2.05) is 17.0 Å². The maximum atomic E-state index is 12.8. The molecule has 1 fully saturated rings. The van der Waals surface area contributed by atoms with Crippen molar-refractivity contribution in [2.24, 2.45) is 5.92 Å². The summed E-state index contributed by atoms with van der Waals surface area (Å²) in [6, 6.07) is 8.38. The van der Waals surface area contributed by atoms with Crippen LogP contribution in [0.5, 0.6) is 0 Å². The van der Waals surface area contributed by atoms with E-state index in [9.17, 15) is 4.79 Å². The summed E-state index contributed by atoms with van der Waals surface area (Å²) in [5.74, 6) is 1.70. The maximum absolute atomic E-state index is 12.8. The number of carbonyl (C=O) groups excluding carboxylic acids is 1. The largest absolute Gasteiger partial charge is 0.332 e. The number of carbonyl (C=O) groups is 1. The summed E-state index contributed by atoms with van der Waals surface area (Å²) in [4.78, 5) is 14.9. The van der Waals surface area contributed by atoms with Gasteiger partial charge in [-0.25, -0.2) is 0 Å². The third-order valence-electron chi connectivity index (χ3n) is 4.95. The van der Waals surface area contributed by atoms with Gasteiger partial charge in [0.15, 0.2) is 5.82 Å². The van der Waals surface area contributed by atoms with Crippen LogP contribution in [0, 0.1) is 12.8 Å². The second-order valence-corrected chi connectivity index (χ2v) is 7.41. The summed E-state index contributed by atoms with van der Waals surface area (Å²) in [5, 5.41) is 8.43. The number of hydrogen-bond acceptors (Lipinski definition) is 3. The van der Waals surface area contributed by atoms with Crippen molar-refractivity contribution in [1.29, 1.82) is 0 Å². The zero-order valence-electron chi connectivity index (χ0n) is 15.5. The quantitative estimate of drug-likeness (QED) is 0.808. The molecule has 25 heavy (non-hydrogen) atoms. The molecule has 2 aromatic rings. The van der Waals surface area contributed by atoms with Crippen molar-refractivity contribution < 1.29 is 4.79 Å². The van der Waals surface area contributed by atoms with Crippen LogP contribution in [-0.2, 0) is 17.8 Å². The van der Waals surface area contributed by atoms with Gasteiger partial charge in [-0.15, -0.1) is 10.2 Å². The first-order valence-corrected chi connectivity index (χ1v) is 9.28. The van der Waals surface area contributed by atoms with Gasteiger partial charge in [-0.2, -0.15) is 0 Å². The Labute approximate surface area is 150 Å². The Balaban J connectivity index is 1.68. The molecule has 134 valence electrons. The molecule has 1 saturated heterocycles. The van der Waals surface area contributed by atoms with E-state index in [2.05, 4.69) is 47.7 Å². The normalized spacial score (nSPS) is 17.4. The predicted octanol–water partition coefficient (Wildman–Crippen LogP) is 3.54. The van der Waals surface area contributed by atoms with E-state index in [-0.39, 0.29) is 11.9 Å². The van der Waals surface area contributed by atoms with Crippen molar-refractivity contribution in [3.63, 3.8) is 0 Å². The minimum absolute atomic E-state index is 0.0746. The van der Waals surface area contributed by atoms with Gasteiger partial charge in [-0.1, -0.05) is 38.1 Å². The number of aromatic nitrogens is 3. The van der Waals surface area contributed by atoms with Gasteiger partial charge in [-0.3, -0.25) is 4.79 Å². The number of rotatable bonds is 6. The molecule has 0 bridgehead atoms. The van der Waals surface area contributed by atoms with Crippen molar-refractivity contribution in [2.45, 2.75) is 59.0 Å². The van der Waals surface area contributed by atoms with E-state index in [0.717, 1.165) is 38.2 Å². The molecular formula is C20H28N4O. The van der Waals surface area contributed by atoms with Gasteiger partial charge in [0.05, 0.1) is 6.04 Å². The molecule has 2 heterocycles. The Morgan fingerprint density at radius 2 is 2.12 bits per heavy atom. The van der Waals surface area contributed by atoms with Gasteiger partial charge in [0, 0.05) is 19.5 Å². The SMILES string of the molecule is Cc1ccccc1CCC(=O)N1CCC[C@@H]1c1nncn1CC(C)C. The Bertz CT molecular complexity index is 722. The fourth-order valence-electron chi connectivity index (χ4n) is 3.67. The van der Waals surface area contributed by atoms with Crippen LogP contribution < -0.4 is 0 Å². The van der Waals surface area contributed by atoms with Gasteiger partial charge in [0.1, 0.15) is 6.33 Å². The molecule has 3 rings (SSSR count).